The predicted octanol–water partition coefficient (Wildman–Crippen LogP) is 3.66. The molecule has 1 atom stereocenters. The van der Waals surface area contributed by atoms with Gasteiger partial charge < -0.3 is 9.47 Å². The van der Waals surface area contributed by atoms with Gasteiger partial charge in [0.1, 0.15) is 22.4 Å². The lowest BCUT2D eigenvalue weighted by Crippen LogP contribution is -2.42. The number of pyridine rings is 1. The van der Waals surface area contributed by atoms with E-state index in [9.17, 15) is 13.2 Å². The molecule has 1 unspecified atom stereocenters. The average molecular weight is 439 g/mol. The normalized spacial score (nSPS) is 17.7. The van der Waals surface area contributed by atoms with Crippen molar-refractivity contribution in [2.75, 3.05) is 13.7 Å². The third kappa shape index (κ3) is 4.88. The third-order valence-electron chi connectivity index (χ3n) is 4.89. The van der Waals surface area contributed by atoms with Crippen molar-refractivity contribution in [3.05, 3.63) is 52.8 Å². The van der Waals surface area contributed by atoms with Crippen LogP contribution < -0.4 is 4.74 Å². The Morgan fingerprint density at radius 1 is 1.28 bits per heavy atom. The molecule has 1 saturated heterocycles. The molecule has 0 saturated carbocycles. The maximum Gasteiger partial charge on any atom is 0.338 e. The summed E-state index contributed by atoms with van der Waals surface area (Å²) < 4.78 is 38.5. The monoisotopic (exact) mass is 438 g/mol. The van der Waals surface area contributed by atoms with Gasteiger partial charge in [0.05, 0.1) is 12.7 Å². The summed E-state index contributed by atoms with van der Waals surface area (Å²) in [4.78, 5) is 16.4. The molecule has 3 rings (SSSR count). The van der Waals surface area contributed by atoms with Crippen molar-refractivity contribution in [3.8, 4) is 5.75 Å². The number of carbonyl (C=O) groups excluding carboxylic acids is 1. The standard InChI is InChI=1S/C20H23ClN2O5S/c1-14-5-3-4-10-23(14)29(25,26)18-11-16(7-8-17(18)27-2)20(24)28-13-15-6-9-19(21)22-12-15/h6-9,11-12,14H,3-5,10,13H2,1-2H3. The summed E-state index contributed by atoms with van der Waals surface area (Å²) in [5.74, 6) is -0.438. The number of ether oxygens (including phenoxy) is 2. The zero-order chi connectivity index (χ0) is 21.0. The summed E-state index contributed by atoms with van der Waals surface area (Å²) in [6.07, 6.45) is 4.12. The molecule has 1 aromatic heterocycles. The highest BCUT2D eigenvalue weighted by molar-refractivity contribution is 7.89. The molecule has 1 aromatic carbocycles. The van der Waals surface area contributed by atoms with Crippen LogP contribution in [0.15, 0.2) is 41.4 Å². The van der Waals surface area contributed by atoms with Crippen molar-refractivity contribution in [2.24, 2.45) is 0 Å². The first kappa shape index (κ1) is 21.5. The van der Waals surface area contributed by atoms with Crippen LogP contribution >= 0.6 is 11.6 Å². The second-order valence-corrected chi connectivity index (χ2v) is 9.14. The van der Waals surface area contributed by atoms with Crippen LogP contribution in [0.1, 0.15) is 42.1 Å². The van der Waals surface area contributed by atoms with E-state index >= 15 is 0 Å². The highest BCUT2D eigenvalue weighted by Crippen LogP contribution is 2.32. The minimum absolute atomic E-state index is 0.000272. The van der Waals surface area contributed by atoms with Gasteiger partial charge in [-0.2, -0.15) is 4.31 Å². The summed E-state index contributed by atoms with van der Waals surface area (Å²) >= 11 is 5.74. The molecular weight excluding hydrogens is 416 g/mol. The van der Waals surface area contributed by atoms with E-state index in [4.69, 9.17) is 21.1 Å². The highest BCUT2D eigenvalue weighted by atomic mass is 35.5. The molecule has 2 aromatic rings. The van der Waals surface area contributed by atoms with Crippen LogP contribution in [0.3, 0.4) is 0 Å². The molecule has 1 fully saturated rings. The quantitative estimate of drug-likeness (QED) is 0.505. The number of carbonyl (C=O) groups is 1. The van der Waals surface area contributed by atoms with Crippen molar-refractivity contribution >= 4 is 27.6 Å². The number of nitrogens with zero attached hydrogens (tertiary/aromatic N) is 2. The topological polar surface area (TPSA) is 85.8 Å². The number of benzene rings is 1. The van der Waals surface area contributed by atoms with Crippen molar-refractivity contribution in [3.63, 3.8) is 0 Å². The summed E-state index contributed by atoms with van der Waals surface area (Å²) in [6, 6.07) is 7.47. The zero-order valence-electron chi connectivity index (χ0n) is 16.3. The van der Waals surface area contributed by atoms with Gasteiger partial charge in [-0.25, -0.2) is 18.2 Å². The lowest BCUT2D eigenvalue weighted by atomic mass is 10.1. The Balaban J connectivity index is 1.84. The Morgan fingerprint density at radius 2 is 2.07 bits per heavy atom. The maximum absolute atomic E-state index is 13.2. The molecule has 29 heavy (non-hydrogen) atoms. The van der Waals surface area contributed by atoms with Crippen LogP contribution in [-0.4, -0.2) is 43.4 Å². The number of halogens is 1. The first-order chi connectivity index (χ1) is 13.8. The van der Waals surface area contributed by atoms with E-state index in [1.54, 1.807) is 12.1 Å². The molecule has 1 aliphatic heterocycles. The highest BCUT2D eigenvalue weighted by Gasteiger charge is 2.33. The number of hydrogen-bond acceptors (Lipinski definition) is 6. The molecule has 9 heteroatoms. The summed E-state index contributed by atoms with van der Waals surface area (Å²) in [5, 5.41) is 0.344. The Morgan fingerprint density at radius 3 is 2.72 bits per heavy atom. The van der Waals surface area contributed by atoms with Gasteiger partial charge >= 0.3 is 5.97 Å². The van der Waals surface area contributed by atoms with E-state index in [2.05, 4.69) is 4.98 Å². The van der Waals surface area contributed by atoms with E-state index in [0.29, 0.717) is 17.3 Å². The van der Waals surface area contributed by atoms with E-state index in [-0.39, 0.29) is 28.9 Å². The minimum atomic E-state index is -3.81. The third-order valence-corrected chi connectivity index (χ3v) is 7.14. The molecule has 0 spiro atoms. The smallest absolute Gasteiger partial charge is 0.338 e. The number of rotatable bonds is 6. The molecule has 2 heterocycles. The van der Waals surface area contributed by atoms with E-state index in [1.165, 1.54) is 35.8 Å². The number of piperidine rings is 1. The molecule has 156 valence electrons. The summed E-state index contributed by atoms with van der Waals surface area (Å²) in [5.41, 5.74) is 0.808. The van der Waals surface area contributed by atoms with Gasteiger partial charge in [-0.05, 0) is 44.0 Å². The van der Waals surface area contributed by atoms with Crippen molar-refractivity contribution < 1.29 is 22.7 Å². The molecule has 7 nitrogen and oxygen atoms in total. The van der Waals surface area contributed by atoms with Gasteiger partial charge in [0.25, 0.3) is 0 Å². The van der Waals surface area contributed by atoms with Gasteiger partial charge in [0.2, 0.25) is 10.0 Å². The number of aromatic nitrogens is 1. The molecule has 1 aliphatic rings. The lowest BCUT2D eigenvalue weighted by molar-refractivity contribution is 0.0472. The lowest BCUT2D eigenvalue weighted by Gasteiger charge is -2.32. The SMILES string of the molecule is COc1ccc(C(=O)OCc2ccc(Cl)nc2)cc1S(=O)(=O)N1CCCCC1C. The fourth-order valence-corrected chi connectivity index (χ4v) is 5.28. The molecule has 0 amide bonds. The number of sulfonamides is 1. The van der Waals surface area contributed by atoms with Crippen molar-refractivity contribution in [2.45, 2.75) is 43.7 Å². The summed E-state index contributed by atoms with van der Waals surface area (Å²) in [6.45, 7) is 2.34. The van der Waals surface area contributed by atoms with Crippen LogP contribution in [0, 0.1) is 0 Å². The van der Waals surface area contributed by atoms with Gasteiger partial charge in [-0.15, -0.1) is 0 Å². The van der Waals surface area contributed by atoms with E-state index in [1.807, 2.05) is 6.92 Å². The van der Waals surface area contributed by atoms with Crippen LogP contribution in [0.2, 0.25) is 5.15 Å². The Bertz CT molecular complexity index is 979. The van der Waals surface area contributed by atoms with E-state index in [0.717, 1.165) is 19.3 Å². The zero-order valence-corrected chi connectivity index (χ0v) is 17.9. The molecule has 0 aliphatic carbocycles. The largest absolute Gasteiger partial charge is 0.495 e. The molecule has 0 radical (unpaired) electrons. The molecular formula is C20H23ClN2O5S. The first-order valence-electron chi connectivity index (χ1n) is 9.30. The Labute approximate surface area is 175 Å². The van der Waals surface area contributed by atoms with Crippen molar-refractivity contribution in [1.29, 1.82) is 0 Å². The number of esters is 1. The van der Waals surface area contributed by atoms with Gasteiger partial charge in [0.15, 0.2) is 0 Å². The van der Waals surface area contributed by atoms with Gasteiger partial charge in [0, 0.05) is 24.3 Å². The second kappa shape index (κ2) is 9.11. The fraction of sp³-hybridized carbons (Fsp3) is 0.400. The maximum atomic E-state index is 13.2. The average Bonchev–Trinajstić information content (AvgIpc) is 2.72. The minimum Gasteiger partial charge on any atom is -0.495 e. The number of methoxy groups -OCH3 is 1. The van der Waals surface area contributed by atoms with Gasteiger partial charge in [-0.1, -0.05) is 24.1 Å². The fourth-order valence-electron chi connectivity index (χ4n) is 3.28. The Hall–Kier alpha value is -2.16. The van der Waals surface area contributed by atoms with Gasteiger partial charge in [-0.3, -0.25) is 0 Å². The van der Waals surface area contributed by atoms with E-state index < -0.39 is 16.0 Å². The predicted molar refractivity (Wildman–Crippen MR) is 109 cm³/mol. The second-order valence-electron chi connectivity index (χ2n) is 6.89. The first-order valence-corrected chi connectivity index (χ1v) is 11.1. The van der Waals surface area contributed by atoms with Crippen LogP contribution in [0.5, 0.6) is 5.75 Å². The molecule has 0 bridgehead atoms. The van der Waals surface area contributed by atoms with Crippen LogP contribution in [0.4, 0.5) is 0 Å². The number of hydrogen-bond donors (Lipinski definition) is 0. The van der Waals surface area contributed by atoms with Crippen molar-refractivity contribution in [1.82, 2.24) is 9.29 Å². The molecule has 0 N–H and O–H groups in total. The Kier molecular flexibility index (Phi) is 6.77. The van der Waals surface area contributed by atoms with Crippen LogP contribution in [0.25, 0.3) is 0 Å². The summed E-state index contributed by atoms with van der Waals surface area (Å²) in [7, 11) is -2.40. The van der Waals surface area contributed by atoms with Crippen LogP contribution in [-0.2, 0) is 21.4 Å².